The third-order valence-corrected chi connectivity index (χ3v) is 6.15. The summed E-state index contributed by atoms with van der Waals surface area (Å²) >= 11 is 1.33. The Balaban J connectivity index is 1.46. The van der Waals surface area contributed by atoms with Crippen LogP contribution in [0, 0.1) is 0 Å². The molecule has 0 radical (unpaired) electrons. The summed E-state index contributed by atoms with van der Waals surface area (Å²) in [6, 6.07) is 24.4. The number of rotatable bonds is 7. The zero-order chi connectivity index (χ0) is 23.9. The molecule has 1 aliphatic heterocycles. The van der Waals surface area contributed by atoms with Gasteiger partial charge in [0.2, 0.25) is 0 Å². The van der Waals surface area contributed by atoms with Crippen molar-refractivity contribution in [2.75, 3.05) is 13.7 Å². The van der Waals surface area contributed by atoms with E-state index in [4.69, 9.17) is 9.47 Å². The van der Waals surface area contributed by atoms with Crippen LogP contribution in [0.1, 0.15) is 28.4 Å². The fourth-order valence-corrected chi connectivity index (χ4v) is 4.39. The SMILES string of the molecule is CCN1C(=O)/C(=C\c2ccc(OCc3ccccc3)cc2)SC1=Nc1ccc(C(=O)OC)cc1. The average molecular weight is 473 g/mol. The number of hydrogen-bond donors (Lipinski definition) is 0. The van der Waals surface area contributed by atoms with Crippen LogP contribution in [0.5, 0.6) is 5.75 Å². The highest BCUT2D eigenvalue weighted by molar-refractivity contribution is 8.18. The molecule has 4 rings (SSSR count). The maximum atomic E-state index is 12.9. The normalized spacial score (nSPS) is 15.7. The van der Waals surface area contributed by atoms with Crippen LogP contribution in [0.4, 0.5) is 5.69 Å². The predicted molar refractivity (Wildman–Crippen MR) is 135 cm³/mol. The van der Waals surface area contributed by atoms with Crippen LogP contribution < -0.4 is 4.74 Å². The summed E-state index contributed by atoms with van der Waals surface area (Å²) in [6.45, 7) is 2.92. The van der Waals surface area contributed by atoms with E-state index in [1.165, 1.54) is 18.9 Å². The average Bonchev–Trinajstić information content (AvgIpc) is 3.17. The lowest BCUT2D eigenvalue weighted by Crippen LogP contribution is -2.28. The first-order chi connectivity index (χ1) is 16.6. The zero-order valence-corrected chi connectivity index (χ0v) is 19.7. The molecule has 0 spiro atoms. The van der Waals surface area contributed by atoms with Gasteiger partial charge in [-0.3, -0.25) is 9.69 Å². The Morgan fingerprint density at radius 3 is 2.35 bits per heavy atom. The van der Waals surface area contributed by atoms with E-state index in [2.05, 4.69) is 4.99 Å². The van der Waals surface area contributed by atoms with E-state index in [0.29, 0.717) is 34.5 Å². The Hall–Kier alpha value is -3.84. The lowest BCUT2D eigenvalue weighted by Gasteiger charge is -2.12. The highest BCUT2D eigenvalue weighted by atomic mass is 32.2. The van der Waals surface area contributed by atoms with E-state index in [-0.39, 0.29) is 5.91 Å². The van der Waals surface area contributed by atoms with E-state index >= 15 is 0 Å². The van der Waals surface area contributed by atoms with E-state index in [1.807, 2.05) is 67.6 Å². The minimum absolute atomic E-state index is 0.0816. The molecule has 34 heavy (non-hydrogen) atoms. The predicted octanol–water partition coefficient (Wildman–Crippen LogP) is 5.68. The van der Waals surface area contributed by atoms with Crippen molar-refractivity contribution in [2.24, 2.45) is 4.99 Å². The first kappa shape index (κ1) is 23.3. The molecule has 0 aromatic heterocycles. The second kappa shape index (κ2) is 10.9. The number of methoxy groups -OCH3 is 1. The van der Waals surface area contributed by atoms with Crippen LogP contribution in [0.15, 0.2) is 88.8 Å². The molecular weight excluding hydrogens is 448 g/mol. The number of carbonyl (C=O) groups is 2. The number of thioether (sulfide) groups is 1. The van der Waals surface area contributed by atoms with Gasteiger partial charge < -0.3 is 9.47 Å². The molecule has 1 fully saturated rings. The topological polar surface area (TPSA) is 68.2 Å². The summed E-state index contributed by atoms with van der Waals surface area (Å²) in [6.07, 6.45) is 1.86. The molecule has 0 atom stereocenters. The smallest absolute Gasteiger partial charge is 0.337 e. The third kappa shape index (κ3) is 5.55. The summed E-state index contributed by atoms with van der Waals surface area (Å²) < 4.78 is 10.6. The van der Waals surface area contributed by atoms with Crippen LogP contribution in [0.25, 0.3) is 6.08 Å². The molecule has 1 saturated heterocycles. The lowest BCUT2D eigenvalue weighted by molar-refractivity contribution is -0.122. The largest absolute Gasteiger partial charge is 0.489 e. The molecule has 0 N–H and O–H groups in total. The molecule has 1 amide bonds. The Bertz CT molecular complexity index is 1220. The van der Waals surface area contributed by atoms with Gasteiger partial charge in [0.05, 0.1) is 23.3 Å². The molecule has 1 aliphatic rings. The zero-order valence-electron chi connectivity index (χ0n) is 18.9. The molecule has 6 nitrogen and oxygen atoms in total. The van der Waals surface area contributed by atoms with Crippen LogP contribution in [-0.2, 0) is 16.1 Å². The second-order valence-electron chi connectivity index (χ2n) is 7.44. The summed E-state index contributed by atoms with van der Waals surface area (Å²) in [4.78, 5) is 31.4. The van der Waals surface area contributed by atoms with E-state index in [1.54, 1.807) is 29.2 Å². The molecule has 172 valence electrons. The van der Waals surface area contributed by atoms with Crippen molar-refractivity contribution in [1.82, 2.24) is 4.90 Å². The number of esters is 1. The second-order valence-corrected chi connectivity index (χ2v) is 8.45. The summed E-state index contributed by atoms with van der Waals surface area (Å²) in [5.74, 6) is 0.285. The Kier molecular flexibility index (Phi) is 7.44. The van der Waals surface area contributed by atoms with Crippen molar-refractivity contribution in [2.45, 2.75) is 13.5 Å². The minimum atomic E-state index is -0.401. The summed E-state index contributed by atoms with van der Waals surface area (Å²) in [7, 11) is 1.34. The molecule has 0 saturated carbocycles. The van der Waals surface area contributed by atoms with Gasteiger partial charge in [0.1, 0.15) is 12.4 Å². The van der Waals surface area contributed by atoms with Crippen molar-refractivity contribution in [3.05, 3.63) is 100 Å². The van der Waals surface area contributed by atoms with Gasteiger partial charge in [-0.2, -0.15) is 0 Å². The van der Waals surface area contributed by atoms with Crippen LogP contribution in [0.2, 0.25) is 0 Å². The Morgan fingerprint density at radius 1 is 1.00 bits per heavy atom. The van der Waals surface area contributed by atoms with E-state index in [9.17, 15) is 9.59 Å². The molecule has 0 unspecified atom stereocenters. The van der Waals surface area contributed by atoms with Crippen molar-refractivity contribution < 1.29 is 19.1 Å². The molecule has 1 heterocycles. The van der Waals surface area contributed by atoms with Gasteiger partial charge in [-0.15, -0.1) is 0 Å². The summed E-state index contributed by atoms with van der Waals surface area (Å²) in [5.41, 5.74) is 3.11. The van der Waals surface area contributed by atoms with Crippen LogP contribution in [-0.4, -0.2) is 35.6 Å². The van der Waals surface area contributed by atoms with Gasteiger partial charge >= 0.3 is 5.97 Å². The highest BCUT2D eigenvalue weighted by Crippen LogP contribution is 2.34. The van der Waals surface area contributed by atoms with Crippen LogP contribution in [0.3, 0.4) is 0 Å². The molecule has 7 heteroatoms. The van der Waals surface area contributed by atoms with Crippen molar-refractivity contribution >= 4 is 40.6 Å². The quantitative estimate of drug-likeness (QED) is 0.327. The van der Waals surface area contributed by atoms with Gasteiger partial charge in [-0.25, -0.2) is 9.79 Å². The Morgan fingerprint density at radius 2 is 1.71 bits per heavy atom. The van der Waals surface area contributed by atoms with Crippen molar-refractivity contribution in [3.63, 3.8) is 0 Å². The number of hydrogen-bond acceptors (Lipinski definition) is 6. The number of aliphatic imine (C=N–C) groups is 1. The molecule has 0 bridgehead atoms. The number of benzene rings is 3. The monoisotopic (exact) mass is 472 g/mol. The van der Waals surface area contributed by atoms with Gasteiger partial charge in [0.15, 0.2) is 5.17 Å². The number of carbonyl (C=O) groups excluding carboxylic acids is 2. The van der Waals surface area contributed by atoms with Crippen molar-refractivity contribution in [1.29, 1.82) is 0 Å². The molecule has 3 aromatic carbocycles. The van der Waals surface area contributed by atoms with Gasteiger partial charge in [0, 0.05) is 6.54 Å². The van der Waals surface area contributed by atoms with Gasteiger partial charge in [-0.05, 0) is 72.3 Å². The van der Waals surface area contributed by atoms with E-state index in [0.717, 1.165) is 16.9 Å². The molecular formula is C27H24N2O4S. The first-order valence-electron chi connectivity index (χ1n) is 10.8. The molecule has 0 aliphatic carbocycles. The standard InChI is InChI=1S/C27H24N2O4S/c1-3-29-25(30)24(34-27(29)28-22-13-11-21(12-14-22)26(31)32-2)17-19-9-15-23(16-10-19)33-18-20-7-5-4-6-8-20/h4-17H,3,18H2,1-2H3/b24-17+,28-27?. The maximum absolute atomic E-state index is 12.9. The van der Waals surface area contributed by atoms with E-state index < -0.39 is 5.97 Å². The third-order valence-electron chi connectivity index (χ3n) is 5.14. The lowest BCUT2D eigenvalue weighted by atomic mass is 10.2. The Labute approximate surface area is 202 Å². The maximum Gasteiger partial charge on any atom is 0.337 e. The van der Waals surface area contributed by atoms with Crippen molar-refractivity contribution in [3.8, 4) is 5.75 Å². The van der Waals surface area contributed by atoms with Crippen LogP contribution >= 0.6 is 11.8 Å². The van der Waals surface area contributed by atoms with Gasteiger partial charge in [0.25, 0.3) is 5.91 Å². The first-order valence-corrected chi connectivity index (χ1v) is 11.6. The fraction of sp³-hybridized carbons (Fsp3) is 0.148. The minimum Gasteiger partial charge on any atom is -0.489 e. The number of likely N-dealkylation sites (N-methyl/N-ethyl adjacent to an activating group) is 1. The fourth-order valence-electron chi connectivity index (χ4n) is 3.32. The van der Waals surface area contributed by atoms with Gasteiger partial charge in [-0.1, -0.05) is 42.5 Å². The number of amidine groups is 1. The number of amides is 1. The summed E-state index contributed by atoms with van der Waals surface area (Å²) in [5, 5.41) is 0.604. The highest BCUT2D eigenvalue weighted by Gasteiger charge is 2.32. The number of ether oxygens (including phenoxy) is 2. The number of nitrogens with zero attached hydrogens (tertiary/aromatic N) is 2. The molecule has 3 aromatic rings.